The Balaban J connectivity index is 0.000000229. The molecule has 0 aliphatic heterocycles. The van der Waals surface area contributed by atoms with Gasteiger partial charge in [0.05, 0.1) is 50.5 Å². The lowest BCUT2D eigenvalue weighted by Crippen LogP contribution is -2.12. The van der Waals surface area contributed by atoms with E-state index in [0.717, 1.165) is 17.4 Å². The minimum Gasteiger partial charge on any atom is -0.478 e. The summed E-state index contributed by atoms with van der Waals surface area (Å²) in [6, 6.07) is 25.9. The highest BCUT2D eigenvalue weighted by Gasteiger charge is 2.34. The van der Waals surface area contributed by atoms with Crippen LogP contribution in [0.5, 0.6) is 0 Å². The van der Waals surface area contributed by atoms with Crippen LogP contribution >= 0.6 is 23.6 Å². The van der Waals surface area contributed by atoms with Crippen molar-refractivity contribution in [2.24, 2.45) is 5.73 Å². The summed E-state index contributed by atoms with van der Waals surface area (Å²) in [4.78, 5) is 49.8. The number of para-hydroxylation sites is 2. The van der Waals surface area contributed by atoms with E-state index in [-0.39, 0.29) is 49.9 Å². The maximum Gasteiger partial charge on any atom is 0.417 e. The van der Waals surface area contributed by atoms with Crippen molar-refractivity contribution in [3.05, 3.63) is 157 Å². The van der Waals surface area contributed by atoms with E-state index in [1.807, 2.05) is 0 Å². The quantitative estimate of drug-likeness (QED) is 0.0615. The van der Waals surface area contributed by atoms with Crippen molar-refractivity contribution >= 4 is 51.9 Å². The van der Waals surface area contributed by atoms with Gasteiger partial charge in [0.25, 0.3) is 11.4 Å². The zero-order valence-corrected chi connectivity index (χ0v) is 29.8. The molecule has 0 saturated heterocycles. The minimum atomic E-state index is -4.55. The molecule has 0 fully saturated rings. The fourth-order valence-electron chi connectivity index (χ4n) is 5.51. The van der Waals surface area contributed by atoms with Crippen molar-refractivity contribution in [1.29, 1.82) is 0 Å². The number of carboxylic acid groups (broad SMARTS) is 1. The van der Waals surface area contributed by atoms with Crippen LogP contribution in [0, 0.1) is 20.2 Å². The zero-order valence-electron chi connectivity index (χ0n) is 28.1. The monoisotopic (exact) mass is 786 g/mol. The number of carboxylic acids is 1. The van der Waals surface area contributed by atoms with Crippen LogP contribution in [-0.4, -0.2) is 44.0 Å². The van der Waals surface area contributed by atoms with Gasteiger partial charge in [-0.25, -0.2) is 14.6 Å². The van der Waals surface area contributed by atoms with Crippen LogP contribution in [0.1, 0.15) is 31.8 Å². The third kappa shape index (κ3) is 8.69. The maximum atomic E-state index is 13.4. The van der Waals surface area contributed by atoms with Gasteiger partial charge in [0, 0.05) is 45.3 Å². The largest absolute Gasteiger partial charge is 0.478 e. The van der Waals surface area contributed by atoms with E-state index in [2.05, 4.69) is 4.98 Å². The van der Waals surface area contributed by atoms with Crippen LogP contribution in [-0.2, 0) is 10.9 Å². The first kappa shape index (κ1) is 39.4. The van der Waals surface area contributed by atoms with Gasteiger partial charge in [-0.1, -0.05) is 78.9 Å². The topological polar surface area (TPSA) is 189 Å². The molecule has 12 nitrogen and oxygen atoms in total. The number of carbonyl (C=O) groups excluding carboxylic acids is 1. The van der Waals surface area contributed by atoms with Gasteiger partial charge >= 0.3 is 18.1 Å². The van der Waals surface area contributed by atoms with Crippen LogP contribution in [0.15, 0.2) is 115 Å². The van der Waals surface area contributed by atoms with Crippen LogP contribution in [0.4, 0.5) is 24.5 Å². The molecule has 0 aliphatic rings. The molecule has 0 spiro atoms. The molecule has 0 unspecified atom stereocenters. The van der Waals surface area contributed by atoms with E-state index < -0.39 is 33.5 Å². The molecule has 3 N–H and O–H groups in total. The SMILES string of the molecule is COC(=O)c1cc(C(N)=S)ccc1-c1ccccc1[N+](=O)[O-].O=C(O)c1cc(-c2nc(-c3ccccc3C(F)(F)F)cs2)ccc1-c1ccccc1[N+](=O)[O-]. The summed E-state index contributed by atoms with van der Waals surface area (Å²) in [5.74, 6) is -1.92. The number of hydrogen-bond acceptors (Lipinski definition) is 10. The Morgan fingerprint density at radius 2 is 1.31 bits per heavy atom. The minimum absolute atomic E-state index is 0.0810. The summed E-state index contributed by atoms with van der Waals surface area (Å²) in [6.45, 7) is 0. The number of thiazole rings is 1. The van der Waals surface area contributed by atoms with Crippen LogP contribution in [0.3, 0.4) is 0 Å². The number of nitrogens with zero attached hydrogens (tertiary/aromatic N) is 3. The summed E-state index contributed by atoms with van der Waals surface area (Å²) < 4.78 is 44.8. The van der Waals surface area contributed by atoms with Gasteiger partial charge in [0.2, 0.25) is 0 Å². The number of alkyl halides is 3. The molecule has 17 heteroatoms. The normalized spacial score (nSPS) is 10.8. The molecule has 0 atom stereocenters. The second kappa shape index (κ2) is 16.4. The van der Waals surface area contributed by atoms with Gasteiger partial charge in [-0.15, -0.1) is 11.3 Å². The highest BCUT2D eigenvalue weighted by Crippen LogP contribution is 2.40. The maximum absolute atomic E-state index is 13.4. The molecule has 0 radical (unpaired) electrons. The number of ether oxygens (including phenoxy) is 1. The number of hydrogen-bond donors (Lipinski definition) is 2. The highest BCUT2D eigenvalue weighted by atomic mass is 32.1. The summed E-state index contributed by atoms with van der Waals surface area (Å²) in [6.07, 6.45) is -4.55. The van der Waals surface area contributed by atoms with Crippen molar-refractivity contribution in [3.8, 4) is 44.1 Å². The number of benzene rings is 5. The number of nitrogens with two attached hydrogens (primary N) is 1. The lowest BCUT2D eigenvalue weighted by molar-refractivity contribution is -0.384. The molecule has 6 aromatic rings. The molecule has 5 aromatic carbocycles. The molecule has 6 rings (SSSR count). The molecule has 1 heterocycles. The van der Waals surface area contributed by atoms with Gasteiger partial charge in [-0.2, -0.15) is 13.2 Å². The smallest absolute Gasteiger partial charge is 0.417 e. The number of aromatic nitrogens is 1. The Bertz CT molecular complexity index is 2490. The van der Waals surface area contributed by atoms with Crippen LogP contribution in [0.2, 0.25) is 0 Å². The number of nitro groups is 2. The van der Waals surface area contributed by atoms with Gasteiger partial charge in [0.1, 0.15) is 10.00 Å². The summed E-state index contributed by atoms with van der Waals surface area (Å²) in [5, 5.41) is 34.1. The van der Waals surface area contributed by atoms with Crippen molar-refractivity contribution in [3.63, 3.8) is 0 Å². The Morgan fingerprint density at radius 3 is 1.84 bits per heavy atom. The molecule has 278 valence electrons. The van der Waals surface area contributed by atoms with E-state index in [1.165, 1.54) is 79.2 Å². The number of nitro benzene ring substituents is 2. The second-order valence-corrected chi connectivity index (χ2v) is 12.6. The molecular formula is C38H25F3N4O8S2. The lowest BCUT2D eigenvalue weighted by atomic mass is 9.96. The first-order valence-corrected chi connectivity index (χ1v) is 16.9. The third-order valence-electron chi connectivity index (χ3n) is 8.00. The van der Waals surface area contributed by atoms with Crippen molar-refractivity contribution in [2.75, 3.05) is 7.11 Å². The Morgan fingerprint density at radius 1 is 0.782 bits per heavy atom. The number of halogens is 3. The fraction of sp³-hybridized carbons (Fsp3) is 0.0526. The van der Waals surface area contributed by atoms with Gasteiger partial charge < -0.3 is 15.6 Å². The standard InChI is InChI=1S/C23H13F3N2O4S.C15H12N2O4S/c24-23(25,26)18-7-3-1-6-16(18)19-12-33-21(27-19)13-9-10-14(17(11-13)22(29)30)15-5-2-4-8-20(15)28(31)32;1-21-15(18)12-8-9(14(16)22)6-7-10(12)11-4-2-3-5-13(11)17(19)20/h1-12H,(H,29,30);2-8H,1H3,(H2,16,22). The summed E-state index contributed by atoms with van der Waals surface area (Å²) >= 11 is 5.96. The van der Waals surface area contributed by atoms with Crippen LogP contribution in [0.25, 0.3) is 44.1 Å². The number of esters is 1. The molecule has 55 heavy (non-hydrogen) atoms. The van der Waals surface area contributed by atoms with Gasteiger partial charge in [-0.3, -0.25) is 20.2 Å². The predicted molar refractivity (Wildman–Crippen MR) is 203 cm³/mol. The van der Waals surface area contributed by atoms with Gasteiger partial charge in [-0.05, 0) is 30.3 Å². The molecule has 0 amide bonds. The first-order valence-electron chi connectivity index (χ1n) is 15.6. The second-order valence-electron chi connectivity index (χ2n) is 11.3. The third-order valence-corrected chi connectivity index (χ3v) is 9.13. The number of carbonyl (C=O) groups is 2. The first-order chi connectivity index (χ1) is 26.1. The summed E-state index contributed by atoms with van der Waals surface area (Å²) in [7, 11) is 1.24. The molecule has 0 saturated carbocycles. The number of rotatable bonds is 9. The van der Waals surface area contributed by atoms with Crippen molar-refractivity contribution < 1.29 is 42.5 Å². The molecular weight excluding hydrogens is 762 g/mol. The van der Waals surface area contributed by atoms with Crippen molar-refractivity contribution in [1.82, 2.24) is 4.98 Å². The Labute approximate surface area is 318 Å². The lowest BCUT2D eigenvalue weighted by Gasteiger charge is -2.11. The molecule has 0 aliphatic carbocycles. The van der Waals surface area contributed by atoms with E-state index in [1.54, 1.807) is 36.4 Å². The molecule has 1 aromatic heterocycles. The fourth-order valence-corrected chi connectivity index (χ4v) is 6.45. The molecule has 0 bridgehead atoms. The number of aromatic carboxylic acids is 1. The number of thiocarbonyl (C=S) groups is 1. The Kier molecular flexibility index (Phi) is 11.8. The van der Waals surface area contributed by atoms with E-state index in [4.69, 9.17) is 22.7 Å². The average molecular weight is 787 g/mol. The van der Waals surface area contributed by atoms with E-state index in [9.17, 15) is 48.1 Å². The van der Waals surface area contributed by atoms with E-state index in [0.29, 0.717) is 27.3 Å². The van der Waals surface area contributed by atoms with Gasteiger partial charge in [0.15, 0.2) is 0 Å². The predicted octanol–water partition coefficient (Wildman–Crippen LogP) is 9.45. The van der Waals surface area contributed by atoms with E-state index >= 15 is 0 Å². The number of methoxy groups -OCH3 is 1. The van der Waals surface area contributed by atoms with Crippen LogP contribution < -0.4 is 5.73 Å². The highest BCUT2D eigenvalue weighted by molar-refractivity contribution is 7.80. The average Bonchev–Trinajstić information content (AvgIpc) is 3.67. The summed E-state index contributed by atoms with van der Waals surface area (Å²) in [5.41, 5.74) is 6.27. The van der Waals surface area contributed by atoms with Crippen molar-refractivity contribution in [2.45, 2.75) is 6.18 Å². The Hall–Kier alpha value is -6.85. The zero-order chi connectivity index (χ0) is 40.0.